The van der Waals surface area contributed by atoms with Gasteiger partial charge in [-0.15, -0.1) is 0 Å². The van der Waals surface area contributed by atoms with Crippen LogP contribution in [0.2, 0.25) is 5.02 Å². The summed E-state index contributed by atoms with van der Waals surface area (Å²) in [4.78, 5) is 11.1. The summed E-state index contributed by atoms with van der Waals surface area (Å²) in [6.07, 6.45) is 0.0402. The first-order valence-corrected chi connectivity index (χ1v) is 5.20. The van der Waals surface area contributed by atoms with E-state index in [9.17, 15) is 4.79 Å². The SMILES string of the molecule is COC(=O)Cc1cc(Cl)cc(Br)c1C#N. The van der Waals surface area contributed by atoms with Crippen molar-refractivity contribution in [1.29, 1.82) is 5.26 Å². The Labute approximate surface area is 101 Å². The smallest absolute Gasteiger partial charge is 0.310 e. The molecule has 0 saturated carbocycles. The van der Waals surface area contributed by atoms with Crippen molar-refractivity contribution in [3.8, 4) is 6.07 Å². The van der Waals surface area contributed by atoms with Gasteiger partial charge in [-0.1, -0.05) is 11.6 Å². The van der Waals surface area contributed by atoms with Crippen LogP contribution in [-0.4, -0.2) is 13.1 Å². The molecule has 0 aliphatic heterocycles. The zero-order valence-electron chi connectivity index (χ0n) is 7.88. The molecule has 0 atom stereocenters. The number of rotatable bonds is 2. The fourth-order valence-electron chi connectivity index (χ4n) is 1.12. The van der Waals surface area contributed by atoms with Crippen molar-refractivity contribution in [3.05, 3.63) is 32.8 Å². The van der Waals surface area contributed by atoms with Crippen LogP contribution in [0, 0.1) is 11.3 Å². The van der Waals surface area contributed by atoms with Crippen LogP contribution in [0.15, 0.2) is 16.6 Å². The third-order valence-corrected chi connectivity index (χ3v) is 2.65. The van der Waals surface area contributed by atoms with Gasteiger partial charge in [0.05, 0.1) is 19.1 Å². The first-order valence-electron chi connectivity index (χ1n) is 4.03. The van der Waals surface area contributed by atoms with E-state index in [1.807, 2.05) is 6.07 Å². The van der Waals surface area contributed by atoms with Crippen molar-refractivity contribution in [2.75, 3.05) is 7.11 Å². The third-order valence-electron chi connectivity index (χ3n) is 1.81. The number of esters is 1. The molecule has 1 aromatic rings. The van der Waals surface area contributed by atoms with Gasteiger partial charge in [-0.2, -0.15) is 5.26 Å². The van der Waals surface area contributed by atoms with Crippen molar-refractivity contribution >= 4 is 33.5 Å². The molecule has 78 valence electrons. The molecule has 3 nitrogen and oxygen atoms in total. The van der Waals surface area contributed by atoms with Gasteiger partial charge in [0.25, 0.3) is 0 Å². The number of methoxy groups -OCH3 is 1. The van der Waals surface area contributed by atoms with E-state index < -0.39 is 5.97 Å². The molecular formula is C10H7BrClNO2. The summed E-state index contributed by atoms with van der Waals surface area (Å²) < 4.78 is 5.11. The number of carbonyl (C=O) groups is 1. The predicted molar refractivity (Wildman–Crippen MR) is 59.6 cm³/mol. The summed E-state index contributed by atoms with van der Waals surface area (Å²) in [6, 6.07) is 5.20. The zero-order chi connectivity index (χ0) is 11.4. The van der Waals surface area contributed by atoms with E-state index in [-0.39, 0.29) is 6.42 Å². The Morgan fingerprint density at radius 2 is 2.33 bits per heavy atom. The fourth-order valence-corrected chi connectivity index (χ4v) is 2.08. The molecular weight excluding hydrogens is 281 g/mol. The molecule has 0 amide bonds. The van der Waals surface area contributed by atoms with Gasteiger partial charge in [0, 0.05) is 9.50 Å². The van der Waals surface area contributed by atoms with Crippen molar-refractivity contribution < 1.29 is 9.53 Å². The molecule has 0 spiro atoms. The van der Waals surface area contributed by atoms with E-state index in [1.165, 1.54) is 7.11 Å². The molecule has 0 unspecified atom stereocenters. The van der Waals surface area contributed by atoms with Crippen LogP contribution in [0.1, 0.15) is 11.1 Å². The van der Waals surface area contributed by atoms with Gasteiger partial charge >= 0.3 is 5.97 Å². The second-order valence-electron chi connectivity index (χ2n) is 2.79. The Morgan fingerprint density at radius 3 is 2.87 bits per heavy atom. The van der Waals surface area contributed by atoms with E-state index in [1.54, 1.807) is 12.1 Å². The number of ether oxygens (including phenoxy) is 1. The highest BCUT2D eigenvalue weighted by atomic mass is 79.9. The molecule has 1 aromatic carbocycles. The summed E-state index contributed by atoms with van der Waals surface area (Å²) in [5, 5.41) is 9.37. The van der Waals surface area contributed by atoms with Crippen molar-refractivity contribution in [2.24, 2.45) is 0 Å². The number of halogens is 2. The number of nitrogens with zero attached hydrogens (tertiary/aromatic N) is 1. The van der Waals surface area contributed by atoms with Crippen LogP contribution in [0.25, 0.3) is 0 Å². The largest absolute Gasteiger partial charge is 0.469 e. The normalized spacial score (nSPS) is 9.47. The number of benzene rings is 1. The number of hydrogen-bond acceptors (Lipinski definition) is 3. The molecule has 0 radical (unpaired) electrons. The minimum atomic E-state index is -0.402. The van der Waals surface area contributed by atoms with E-state index in [0.29, 0.717) is 20.6 Å². The van der Waals surface area contributed by atoms with Crippen LogP contribution in [0.4, 0.5) is 0 Å². The molecule has 5 heteroatoms. The predicted octanol–water partition coefficient (Wildman–Crippen LogP) is 2.69. The minimum Gasteiger partial charge on any atom is -0.469 e. The zero-order valence-corrected chi connectivity index (χ0v) is 10.2. The second kappa shape index (κ2) is 5.15. The molecule has 0 fully saturated rings. The molecule has 15 heavy (non-hydrogen) atoms. The Balaban J connectivity index is 3.16. The first kappa shape index (κ1) is 12.0. The van der Waals surface area contributed by atoms with E-state index >= 15 is 0 Å². The van der Waals surface area contributed by atoms with Gasteiger partial charge < -0.3 is 4.74 Å². The number of carbonyl (C=O) groups excluding carboxylic acids is 1. The molecule has 0 aliphatic carbocycles. The Hall–Kier alpha value is -1.05. The quantitative estimate of drug-likeness (QED) is 0.786. The summed E-state index contributed by atoms with van der Waals surface area (Å²) in [6.45, 7) is 0. The molecule has 0 bridgehead atoms. The van der Waals surface area contributed by atoms with E-state index in [2.05, 4.69) is 20.7 Å². The van der Waals surface area contributed by atoms with Gasteiger partial charge in [0.2, 0.25) is 0 Å². The highest BCUT2D eigenvalue weighted by Crippen LogP contribution is 2.25. The van der Waals surface area contributed by atoms with Crippen LogP contribution < -0.4 is 0 Å². The standard InChI is InChI=1S/C10H7BrClNO2/c1-15-10(14)3-6-2-7(12)4-9(11)8(6)5-13/h2,4H,3H2,1H3. The molecule has 0 aromatic heterocycles. The lowest BCUT2D eigenvalue weighted by Crippen LogP contribution is -2.06. The molecule has 0 heterocycles. The van der Waals surface area contributed by atoms with Crippen molar-refractivity contribution in [2.45, 2.75) is 6.42 Å². The maximum Gasteiger partial charge on any atom is 0.310 e. The molecule has 1 rings (SSSR count). The fraction of sp³-hybridized carbons (Fsp3) is 0.200. The van der Waals surface area contributed by atoms with Crippen molar-refractivity contribution in [1.82, 2.24) is 0 Å². The number of nitriles is 1. The first-order chi connectivity index (χ1) is 7.08. The highest BCUT2D eigenvalue weighted by Gasteiger charge is 2.12. The second-order valence-corrected chi connectivity index (χ2v) is 4.08. The Bertz CT molecular complexity index is 440. The van der Waals surface area contributed by atoms with Gasteiger partial charge in [0.1, 0.15) is 6.07 Å². The maximum atomic E-state index is 11.1. The molecule has 0 aliphatic rings. The highest BCUT2D eigenvalue weighted by molar-refractivity contribution is 9.10. The van der Waals surface area contributed by atoms with Gasteiger partial charge in [0.15, 0.2) is 0 Å². The maximum absolute atomic E-state index is 11.1. The summed E-state index contributed by atoms with van der Waals surface area (Å²) in [5.41, 5.74) is 0.966. The van der Waals surface area contributed by atoms with Crippen LogP contribution in [0.5, 0.6) is 0 Å². The van der Waals surface area contributed by atoms with E-state index in [4.69, 9.17) is 16.9 Å². The van der Waals surface area contributed by atoms with Crippen LogP contribution >= 0.6 is 27.5 Å². The molecule has 0 saturated heterocycles. The topological polar surface area (TPSA) is 50.1 Å². The van der Waals surface area contributed by atoms with Crippen LogP contribution in [0.3, 0.4) is 0 Å². The third kappa shape index (κ3) is 2.95. The lowest BCUT2D eigenvalue weighted by Gasteiger charge is -2.05. The summed E-state index contributed by atoms with van der Waals surface area (Å²) >= 11 is 9.03. The summed E-state index contributed by atoms with van der Waals surface area (Å²) in [7, 11) is 1.30. The Morgan fingerprint density at radius 1 is 1.67 bits per heavy atom. The number of hydrogen-bond donors (Lipinski definition) is 0. The lowest BCUT2D eigenvalue weighted by molar-refractivity contribution is -0.139. The van der Waals surface area contributed by atoms with Gasteiger partial charge in [-0.25, -0.2) is 0 Å². The Kier molecular flexibility index (Phi) is 4.13. The van der Waals surface area contributed by atoms with Crippen LogP contribution in [-0.2, 0) is 16.0 Å². The van der Waals surface area contributed by atoms with Gasteiger partial charge in [-0.3, -0.25) is 4.79 Å². The average molecular weight is 289 g/mol. The summed E-state index contributed by atoms with van der Waals surface area (Å²) in [5.74, 6) is -0.402. The average Bonchev–Trinajstić information content (AvgIpc) is 2.17. The lowest BCUT2D eigenvalue weighted by atomic mass is 10.1. The monoisotopic (exact) mass is 287 g/mol. The minimum absolute atomic E-state index is 0.0402. The van der Waals surface area contributed by atoms with Crippen molar-refractivity contribution in [3.63, 3.8) is 0 Å². The van der Waals surface area contributed by atoms with E-state index in [0.717, 1.165) is 0 Å². The van der Waals surface area contributed by atoms with Gasteiger partial charge in [-0.05, 0) is 33.6 Å². The molecule has 0 N–H and O–H groups in total.